The molecule has 0 saturated carbocycles. The van der Waals surface area contributed by atoms with Crippen molar-refractivity contribution in [3.8, 4) is 0 Å². The second-order valence-corrected chi connectivity index (χ2v) is 6.58. The lowest BCUT2D eigenvalue weighted by Gasteiger charge is -2.36. The molecule has 0 bridgehead atoms. The van der Waals surface area contributed by atoms with Crippen molar-refractivity contribution in [1.82, 2.24) is 15.5 Å². The number of piperidine rings is 1. The number of hydrogen-bond donors (Lipinski definition) is 3. The van der Waals surface area contributed by atoms with E-state index in [0.29, 0.717) is 32.5 Å². The number of nitrogens with one attached hydrogen (secondary N) is 2. The molecular weight excluding hydrogens is 338 g/mol. The van der Waals surface area contributed by atoms with E-state index < -0.39 is 24.0 Å². The molecule has 3 atom stereocenters. The molecule has 0 radical (unpaired) electrons. The number of carboxylic acid groups (broad SMARTS) is 1. The Hall–Kier alpha value is -2.61. The fraction of sp³-hybridized carbons (Fsp3) is 0.500. The van der Waals surface area contributed by atoms with E-state index in [0.717, 1.165) is 5.56 Å². The molecule has 2 amide bonds. The molecule has 2 heterocycles. The quantitative estimate of drug-likeness (QED) is 0.708. The third kappa shape index (κ3) is 4.13. The van der Waals surface area contributed by atoms with E-state index in [1.807, 2.05) is 30.3 Å². The highest BCUT2D eigenvalue weighted by Crippen LogP contribution is 2.24. The van der Waals surface area contributed by atoms with E-state index in [4.69, 9.17) is 4.74 Å². The summed E-state index contributed by atoms with van der Waals surface area (Å²) in [5, 5.41) is 15.0. The number of rotatable bonds is 5. The molecule has 8 heteroatoms. The van der Waals surface area contributed by atoms with Crippen molar-refractivity contribution >= 4 is 18.0 Å². The zero-order chi connectivity index (χ0) is 18.5. The number of carbonyl (C=O) groups is 3. The molecule has 0 spiro atoms. The van der Waals surface area contributed by atoms with Crippen molar-refractivity contribution in [2.45, 2.75) is 31.5 Å². The molecule has 8 nitrogen and oxygen atoms in total. The van der Waals surface area contributed by atoms with Crippen LogP contribution in [0.15, 0.2) is 30.3 Å². The van der Waals surface area contributed by atoms with E-state index in [1.54, 1.807) is 4.90 Å². The minimum absolute atomic E-state index is 0.132. The number of aliphatic carboxylic acids is 1. The number of likely N-dealkylation sites (tertiary alicyclic amines) is 1. The predicted octanol–water partition coefficient (Wildman–Crippen LogP) is 0.576. The first-order valence-electron chi connectivity index (χ1n) is 8.77. The van der Waals surface area contributed by atoms with Crippen molar-refractivity contribution < 1.29 is 24.2 Å². The third-order valence-electron chi connectivity index (χ3n) is 4.91. The Labute approximate surface area is 151 Å². The number of amides is 2. The molecule has 1 aromatic carbocycles. The Balaban J connectivity index is 1.53. The molecule has 140 valence electrons. The van der Waals surface area contributed by atoms with E-state index in [1.165, 1.54) is 0 Å². The van der Waals surface area contributed by atoms with E-state index in [9.17, 15) is 19.5 Å². The summed E-state index contributed by atoms with van der Waals surface area (Å²) in [6.45, 7) is 1.60. The van der Waals surface area contributed by atoms with Gasteiger partial charge in [0.25, 0.3) is 0 Å². The number of nitrogens with zero attached hydrogens (tertiary/aromatic N) is 1. The SMILES string of the molecule is O=C(N[C@H]1CCN(C2CCNCC2C(=O)O)C1=O)OCc1ccccc1. The molecule has 26 heavy (non-hydrogen) atoms. The van der Waals surface area contributed by atoms with Crippen molar-refractivity contribution in [2.24, 2.45) is 5.92 Å². The van der Waals surface area contributed by atoms with Gasteiger partial charge in [-0.25, -0.2) is 4.79 Å². The highest BCUT2D eigenvalue weighted by atomic mass is 16.5. The van der Waals surface area contributed by atoms with Crippen molar-refractivity contribution in [3.63, 3.8) is 0 Å². The van der Waals surface area contributed by atoms with Gasteiger partial charge in [0.15, 0.2) is 0 Å². The van der Waals surface area contributed by atoms with Crippen LogP contribution in [0.4, 0.5) is 4.79 Å². The number of hydrogen-bond acceptors (Lipinski definition) is 5. The smallest absolute Gasteiger partial charge is 0.408 e. The normalized spacial score (nSPS) is 25.8. The maximum atomic E-state index is 12.6. The summed E-state index contributed by atoms with van der Waals surface area (Å²) >= 11 is 0. The molecule has 2 saturated heterocycles. The lowest BCUT2D eigenvalue weighted by atomic mass is 9.92. The Bertz CT molecular complexity index is 666. The standard InChI is InChI=1S/C18H23N3O5/c22-16-14(20-18(25)26-11-12-4-2-1-3-5-12)7-9-21(16)15-6-8-19-10-13(15)17(23)24/h1-5,13-15,19H,6-11H2,(H,20,25)(H,23,24)/t13?,14-,15?/m0/s1. The maximum absolute atomic E-state index is 12.6. The van der Waals surface area contributed by atoms with Crippen LogP contribution in [-0.4, -0.2) is 59.7 Å². The predicted molar refractivity (Wildman–Crippen MR) is 92.3 cm³/mol. The Kier molecular flexibility index (Phi) is 5.72. The van der Waals surface area contributed by atoms with Crippen LogP contribution in [0.5, 0.6) is 0 Å². The summed E-state index contributed by atoms with van der Waals surface area (Å²) in [7, 11) is 0. The van der Waals surface area contributed by atoms with Gasteiger partial charge in [-0.1, -0.05) is 30.3 Å². The molecular formula is C18H23N3O5. The molecule has 2 aliphatic rings. The fourth-order valence-electron chi connectivity index (χ4n) is 3.54. The van der Waals surface area contributed by atoms with Crippen molar-refractivity contribution in [3.05, 3.63) is 35.9 Å². The van der Waals surface area contributed by atoms with Crippen LogP contribution in [0.2, 0.25) is 0 Å². The zero-order valence-electron chi connectivity index (χ0n) is 14.4. The van der Waals surface area contributed by atoms with Crippen molar-refractivity contribution in [2.75, 3.05) is 19.6 Å². The van der Waals surface area contributed by atoms with E-state index in [2.05, 4.69) is 10.6 Å². The number of carbonyl (C=O) groups excluding carboxylic acids is 2. The lowest BCUT2D eigenvalue weighted by Crippen LogP contribution is -2.54. The van der Waals surface area contributed by atoms with Gasteiger partial charge in [0.2, 0.25) is 5.91 Å². The van der Waals surface area contributed by atoms with Crippen LogP contribution < -0.4 is 10.6 Å². The molecule has 2 fully saturated rings. The van der Waals surface area contributed by atoms with Crippen LogP contribution >= 0.6 is 0 Å². The highest BCUT2D eigenvalue weighted by molar-refractivity contribution is 5.88. The van der Waals surface area contributed by atoms with Crippen molar-refractivity contribution in [1.29, 1.82) is 0 Å². The topological polar surface area (TPSA) is 108 Å². The summed E-state index contributed by atoms with van der Waals surface area (Å²) in [5.74, 6) is -1.77. The molecule has 2 unspecified atom stereocenters. The fourth-order valence-corrected chi connectivity index (χ4v) is 3.54. The Morgan fingerprint density at radius 1 is 1.27 bits per heavy atom. The van der Waals surface area contributed by atoms with Gasteiger partial charge in [-0.3, -0.25) is 9.59 Å². The van der Waals surface area contributed by atoms with Gasteiger partial charge in [0, 0.05) is 19.1 Å². The van der Waals surface area contributed by atoms with E-state index in [-0.39, 0.29) is 18.6 Å². The number of benzene rings is 1. The van der Waals surface area contributed by atoms with Crippen LogP contribution in [0, 0.1) is 5.92 Å². The van der Waals surface area contributed by atoms with Gasteiger partial charge in [0.05, 0.1) is 5.92 Å². The Morgan fingerprint density at radius 3 is 2.77 bits per heavy atom. The molecule has 0 aromatic heterocycles. The second-order valence-electron chi connectivity index (χ2n) is 6.58. The number of ether oxygens (including phenoxy) is 1. The molecule has 2 aliphatic heterocycles. The summed E-state index contributed by atoms with van der Waals surface area (Å²) in [4.78, 5) is 37.6. The molecule has 3 rings (SSSR count). The average molecular weight is 361 g/mol. The zero-order valence-corrected chi connectivity index (χ0v) is 14.4. The molecule has 3 N–H and O–H groups in total. The summed E-state index contributed by atoms with van der Waals surface area (Å²) in [6.07, 6.45) is 0.401. The minimum atomic E-state index is -0.909. The van der Waals surface area contributed by atoms with Gasteiger partial charge in [-0.2, -0.15) is 0 Å². The van der Waals surface area contributed by atoms with Gasteiger partial charge in [-0.05, 0) is 24.9 Å². The third-order valence-corrected chi connectivity index (χ3v) is 4.91. The summed E-state index contributed by atoms with van der Waals surface area (Å²) in [6, 6.07) is 8.27. The van der Waals surface area contributed by atoms with Gasteiger partial charge < -0.3 is 25.4 Å². The number of alkyl carbamates (subject to hydrolysis) is 1. The van der Waals surface area contributed by atoms with Gasteiger partial charge >= 0.3 is 12.1 Å². The van der Waals surface area contributed by atoms with Crippen LogP contribution in [0.25, 0.3) is 0 Å². The first-order valence-corrected chi connectivity index (χ1v) is 8.77. The molecule has 0 aliphatic carbocycles. The Morgan fingerprint density at radius 2 is 2.04 bits per heavy atom. The van der Waals surface area contributed by atoms with Crippen LogP contribution in [-0.2, 0) is 20.9 Å². The molecule has 1 aromatic rings. The largest absolute Gasteiger partial charge is 0.481 e. The van der Waals surface area contributed by atoms with Crippen LogP contribution in [0.3, 0.4) is 0 Å². The summed E-state index contributed by atoms with van der Waals surface area (Å²) < 4.78 is 5.15. The lowest BCUT2D eigenvalue weighted by molar-refractivity contribution is -0.146. The highest BCUT2D eigenvalue weighted by Gasteiger charge is 2.42. The van der Waals surface area contributed by atoms with Gasteiger partial charge in [0.1, 0.15) is 12.6 Å². The first kappa shape index (κ1) is 18.2. The second kappa shape index (κ2) is 8.18. The van der Waals surface area contributed by atoms with Crippen LogP contribution in [0.1, 0.15) is 18.4 Å². The van der Waals surface area contributed by atoms with E-state index >= 15 is 0 Å². The minimum Gasteiger partial charge on any atom is -0.481 e. The first-order chi connectivity index (χ1) is 12.6. The monoisotopic (exact) mass is 361 g/mol. The average Bonchev–Trinajstić information content (AvgIpc) is 3.01. The van der Waals surface area contributed by atoms with Gasteiger partial charge in [-0.15, -0.1) is 0 Å². The number of carboxylic acids is 1. The summed E-state index contributed by atoms with van der Waals surface area (Å²) in [5.41, 5.74) is 0.862. The maximum Gasteiger partial charge on any atom is 0.408 e.